The summed E-state index contributed by atoms with van der Waals surface area (Å²) >= 11 is 0. The van der Waals surface area contributed by atoms with Crippen molar-refractivity contribution >= 4 is 53.9 Å². The quantitative estimate of drug-likeness (QED) is 0.484. The third-order valence-electron chi connectivity index (χ3n) is 5.90. The van der Waals surface area contributed by atoms with Crippen molar-refractivity contribution in [3.05, 3.63) is 24.5 Å². The number of ether oxygens (including phenoxy) is 3. The molecule has 2 aromatic rings. The van der Waals surface area contributed by atoms with E-state index in [1.165, 1.54) is 0 Å². The number of nitrogen functional groups attached to an aromatic ring is 2. The molecule has 5 N–H and O–H groups in total. The van der Waals surface area contributed by atoms with Crippen molar-refractivity contribution in [3.8, 4) is 11.5 Å². The third-order valence-corrected chi connectivity index (χ3v) is 5.90. The number of carbonyl (C=O) groups is 1. The van der Waals surface area contributed by atoms with Crippen molar-refractivity contribution in [2.24, 2.45) is 0 Å². The molecule has 4 heterocycles. The van der Waals surface area contributed by atoms with Crippen molar-refractivity contribution in [2.75, 3.05) is 87.8 Å². The van der Waals surface area contributed by atoms with E-state index in [9.17, 15) is 4.79 Å². The average Bonchev–Trinajstić information content (AvgIpc) is 2.88. The summed E-state index contributed by atoms with van der Waals surface area (Å²) in [5, 5.41) is 3.31. The van der Waals surface area contributed by atoms with Gasteiger partial charge in [0.1, 0.15) is 28.7 Å². The van der Waals surface area contributed by atoms with Crippen LogP contribution in [0.3, 0.4) is 0 Å². The summed E-state index contributed by atoms with van der Waals surface area (Å²) in [7, 11) is 3.26. The van der Waals surface area contributed by atoms with E-state index in [0.29, 0.717) is 43.6 Å². The van der Waals surface area contributed by atoms with Gasteiger partial charge < -0.3 is 45.7 Å². The molecule has 2 aliphatic heterocycles. The minimum absolute atomic E-state index is 0. The van der Waals surface area contributed by atoms with Crippen LogP contribution in [0, 0.1) is 0 Å². The highest BCUT2D eigenvalue weighted by molar-refractivity contribution is 5.85. The fourth-order valence-electron chi connectivity index (χ4n) is 4.05. The van der Waals surface area contributed by atoms with Gasteiger partial charge in [0, 0.05) is 64.5 Å². The van der Waals surface area contributed by atoms with Gasteiger partial charge in [-0.1, -0.05) is 0 Å². The van der Waals surface area contributed by atoms with Crippen LogP contribution in [0.25, 0.3) is 0 Å². The zero-order valence-corrected chi connectivity index (χ0v) is 24.9. The van der Waals surface area contributed by atoms with E-state index >= 15 is 0 Å². The molecule has 12 nitrogen and oxygen atoms in total. The standard InChI is InChI=1S/C15H24N4O3.C10H16N4O.2ClH/c1-15(2,3)22-14(20)19-7-5-18(6-8-19)11-10-17-13(16)9-12(11)21-4;1-15-9-6-10(11)13-7-8(9)14-4-2-12-3-5-14;;/h9-10H,5-8H2,1-4H3,(H2,16,17);6-7,12H,2-5H2,1H3,(H2,11,13);2*1H. The molecule has 0 spiro atoms. The van der Waals surface area contributed by atoms with Gasteiger partial charge in [-0.2, -0.15) is 0 Å². The second-order valence-electron chi connectivity index (χ2n) is 9.75. The Morgan fingerprint density at radius 1 is 0.821 bits per heavy atom. The fourth-order valence-corrected chi connectivity index (χ4v) is 4.05. The summed E-state index contributed by atoms with van der Waals surface area (Å²) in [5.74, 6) is 2.40. The molecule has 0 bridgehead atoms. The lowest BCUT2D eigenvalue weighted by molar-refractivity contribution is 0.0240. The lowest BCUT2D eigenvalue weighted by Gasteiger charge is -2.37. The van der Waals surface area contributed by atoms with E-state index in [4.69, 9.17) is 25.7 Å². The number of methoxy groups -OCH3 is 2. The van der Waals surface area contributed by atoms with E-state index in [-0.39, 0.29) is 30.9 Å². The highest BCUT2D eigenvalue weighted by Gasteiger charge is 2.27. The number of nitrogens with zero attached hydrogens (tertiary/aromatic N) is 5. The molecule has 0 radical (unpaired) electrons. The molecule has 220 valence electrons. The van der Waals surface area contributed by atoms with Crippen molar-refractivity contribution < 1.29 is 19.0 Å². The van der Waals surface area contributed by atoms with Crippen molar-refractivity contribution in [3.63, 3.8) is 0 Å². The van der Waals surface area contributed by atoms with E-state index in [1.807, 2.05) is 20.8 Å². The smallest absolute Gasteiger partial charge is 0.410 e. The number of anilines is 4. The molecule has 0 aromatic carbocycles. The maximum absolute atomic E-state index is 12.1. The molecule has 14 heteroatoms. The minimum atomic E-state index is -0.474. The first kappa shape index (κ1) is 33.9. The van der Waals surface area contributed by atoms with Gasteiger partial charge in [0.05, 0.1) is 38.0 Å². The molecule has 0 saturated carbocycles. The van der Waals surface area contributed by atoms with Gasteiger partial charge in [0.25, 0.3) is 0 Å². The number of pyridine rings is 2. The summed E-state index contributed by atoms with van der Waals surface area (Å²) in [6.07, 6.45) is 3.21. The molecular formula is C25H42Cl2N8O4. The number of amides is 1. The molecule has 0 aliphatic carbocycles. The van der Waals surface area contributed by atoms with E-state index in [2.05, 4.69) is 25.1 Å². The second-order valence-corrected chi connectivity index (χ2v) is 9.75. The Hall–Kier alpha value is -3.09. The third kappa shape index (κ3) is 9.86. The summed E-state index contributed by atoms with van der Waals surface area (Å²) in [6.45, 7) is 12.1. The largest absolute Gasteiger partial charge is 0.494 e. The number of hydrogen-bond acceptors (Lipinski definition) is 11. The second kappa shape index (κ2) is 15.5. The van der Waals surface area contributed by atoms with Crippen LogP contribution in [0.2, 0.25) is 0 Å². The Kier molecular flexibility index (Phi) is 13.5. The number of piperazine rings is 2. The zero-order valence-electron chi connectivity index (χ0n) is 23.3. The minimum Gasteiger partial charge on any atom is -0.494 e. The van der Waals surface area contributed by atoms with Crippen LogP contribution in [0.15, 0.2) is 24.5 Å². The van der Waals surface area contributed by atoms with Crippen LogP contribution in [0.4, 0.5) is 27.8 Å². The van der Waals surface area contributed by atoms with Crippen LogP contribution >= 0.6 is 24.8 Å². The molecule has 1 amide bonds. The first-order chi connectivity index (χ1) is 17.6. The average molecular weight is 590 g/mol. The molecule has 0 atom stereocenters. The van der Waals surface area contributed by atoms with Crippen LogP contribution in [-0.4, -0.2) is 93.1 Å². The number of aromatic nitrogens is 2. The number of nitrogens with two attached hydrogens (primary N) is 2. The summed E-state index contributed by atoms with van der Waals surface area (Å²) in [4.78, 5) is 26.4. The highest BCUT2D eigenvalue weighted by atomic mass is 35.5. The van der Waals surface area contributed by atoms with Crippen LogP contribution in [0.1, 0.15) is 20.8 Å². The van der Waals surface area contributed by atoms with Gasteiger partial charge in [-0.25, -0.2) is 14.8 Å². The highest BCUT2D eigenvalue weighted by Crippen LogP contribution is 2.30. The number of rotatable bonds is 4. The van der Waals surface area contributed by atoms with Gasteiger partial charge in [0.2, 0.25) is 0 Å². The maximum Gasteiger partial charge on any atom is 0.410 e. The number of nitrogens with one attached hydrogen (secondary N) is 1. The van der Waals surface area contributed by atoms with Gasteiger partial charge in [-0.05, 0) is 20.8 Å². The van der Waals surface area contributed by atoms with Crippen molar-refractivity contribution in [1.29, 1.82) is 0 Å². The van der Waals surface area contributed by atoms with Crippen molar-refractivity contribution in [1.82, 2.24) is 20.2 Å². The number of carbonyl (C=O) groups excluding carboxylic acids is 1. The molecule has 39 heavy (non-hydrogen) atoms. The van der Waals surface area contributed by atoms with Gasteiger partial charge in [-0.15, -0.1) is 24.8 Å². The van der Waals surface area contributed by atoms with Crippen LogP contribution < -0.4 is 36.1 Å². The maximum atomic E-state index is 12.1. The molecular weight excluding hydrogens is 547 g/mol. The molecule has 2 aromatic heterocycles. The zero-order chi connectivity index (χ0) is 27.0. The lowest BCUT2D eigenvalue weighted by Crippen LogP contribution is -2.50. The Morgan fingerprint density at radius 3 is 1.67 bits per heavy atom. The Labute approximate surface area is 243 Å². The van der Waals surface area contributed by atoms with E-state index in [1.54, 1.807) is 43.6 Å². The number of halogens is 2. The SMILES string of the molecule is COc1cc(N)ncc1N1CCN(C(=O)OC(C)(C)C)CC1.COc1cc(N)ncc1N1CCNCC1.Cl.Cl. The van der Waals surface area contributed by atoms with Gasteiger partial charge in [0.15, 0.2) is 0 Å². The predicted molar refractivity (Wildman–Crippen MR) is 160 cm³/mol. The normalized spacial score (nSPS) is 15.2. The molecule has 2 aliphatic rings. The lowest BCUT2D eigenvalue weighted by atomic mass is 10.2. The van der Waals surface area contributed by atoms with Crippen molar-refractivity contribution in [2.45, 2.75) is 26.4 Å². The summed E-state index contributed by atoms with van der Waals surface area (Å²) < 4.78 is 16.0. The van der Waals surface area contributed by atoms with Crippen LogP contribution in [-0.2, 0) is 4.74 Å². The summed E-state index contributed by atoms with van der Waals surface area (Å²) in [6, 6.07) is 3.47. The topological polar surface area (TPSA) is 144 Å². The summed E-state index contributed by atoms with van der Waals surface area (Å²) in [5.41, 5.74) is 12.7. The number of hydrogen-bond donors (Lipinski definition) is 3. The van der Waals surface area contributed by atoms with E-state index < -0.39 is 5.60 Å². The molecule has 2 fully saturated rings. The molecule has 4 rings (SSSR count). The first-order valence-electron chi connectivity index (χ1n) is 12.4. The predicted octanol–water partition coefficient (Wildman–Crippen LogP) is 2.66. The first-order valence-corrected chi connectivity index (χ1v) is 12.4. The molecule has 2 saturated heterocycles. The van der Waals surface area contributed by atoms with E-state index in [0.717, 1.165) is 43.3 Å². The van der Waals surface area contributed by atoms with Gasteiger partial charge >= 0.3 is 6.09 Å². The molecule has 0 unspecified atom stereocenters. The monoisotopic (exact) mass is 588 g/mol. The van der Waals surface area contributed by atoms with Crippen LogP contribution in [0.5, 0.6) is 11.5 Å². The Morgan fingerprint density at radius 2 is 1.26 bits per heavy atom. The Balaban J connectivity index is 0.000000394. The van der Waals surface area contributed by atoms with Gasteiger partial charge in [-0.3, -0.25) is 0 Å². The fraction of sp³-hybridized carbons (Fsp3) is 0.560. The Bertz CT molecular complexity index is 1040.